The lowest BCUT2D eigenvalue weighted by Gasteiger charge is -2.24. The molecule has 0 amide bonds. The number of nitrogens with zero attached hydrogens (tertiary/aromatic N) is 3. The van der Waals surface area contributed by atoms with Gasteiger partial charge in [-0.15, -0.1) is 24.0 Å². The number of aromatic nitrogens is 1. The van der Waals surface area contributed by atoms with Gasteiger partial charge in [0.25, 0.3) is 0 Å². The normalized spacial score (nSPS) is 13.9. The molecule has 0 aromatic carbocycles. The predicted octanol–water partition coefficient (Wildman–Crippen LogP) is 3.19. The summed E-state index contributed by atoms with van der Waals surface area (Å²) in [5, 5.41) is 14.5. The second-order valence-electron chi connectivity index (χ2n) is 6.04. The van der Waals surface area contributed by atoms with Crippen LogP contribution in [0.5, 0.6) is 0 Å². The van der Waals surface area contributed by atoms with Crippen LogP contribution in [-0.2, 0) is 19.2 Å². The first-order valence-electron chi connectivity index (χ1n) is 7.90. The van der Waals surface area contributed by atoms with Gasteiger partial charge in [-0.3, -0.25) is 0 Å². The Labute approximate surface area is 170 Å². The van der Waals surface area contributed by atoms with Crippen LogP contribution in [0.3, 0.4) is 0 Å². The summed E-state index contributed by atoms with van der Waals surface area (Å²) >= 11 is 6.04. The molecular formula is C17H26ClIN4O2. The Bertz CT molecular complexity index is 683. The maximum Gasteiger partial charge on any atom is 0.194 e. The highest BCUT2D eigenvalue weighted by atomic mass is 127. The summed E-state index contributed by atoms with van der Waals surface area (Å²) in [6.45, 7) is 5.28. The minimum atomic E-state index is -1.15. The molecular weight excluding hydrogens is 455 g/mol. The molecule has 0 saturated heterocycles. The monoisotopic (exact) mass is 480 g/mol. The Morgan fingerprint density at radius 1 is 1.52 bits per heavy atom. The van der Waals surface area contributed by atoms with Crippen molar-refractivity contribution in [2.24, 2.45) is 12.0 Å². The van der Waals surface area contributed by atoms with Gasteiger partial charge in [0.1, 0.15) is 11.4 Å². The van der Waals surface area contributed by atoms with E-state index in [1.54, 1.807) is 25.3 Å². The topological polar surface area (TPSA) is 65.9 Å². The first-order chi connectivity index (χ1) is 11.3. The average molecular weight is 481 g/mol. The van der Waals surface area contributed by atoms with Crippen LogP contribution in [0.4, 0.5) is 0 Å². The zero-order valence-corrected chi connectivity index (χ0v) is 18.1. The predicted molar refractivity (Wildman–Crippen MR) is 112 cm³/mol. The van der Waals surface area contributed by atoms with Crippen molar-refractivity contribution in [2.75, 3.05) is 20.1 Å². The molecule has 0 bridgehead atoms. The zero-order valence-electron chi connectivity index (χ0n) is 15.0. The van der Waals surface area contributed by atoms with Crippen molar-refractivity contribution in [1.29, 1.82) is 0 Å². The van der Waals surface area contributed by atoms with Gasteiger partial charge in [0, 0.05) is 32.5 Å². The molecule has 2 aromatic rings. The first-order valence-corrected chi connectivity index (χ1v) is 8.28. The number of nitrogens with one attached hydrogen (secondary N) is 1. The second-order valence-corrected chi connectivity index (χ2v) is 6.47. The summed E-state index contributed by atoms with van der Waals surface area (Å²) in [5.74, 6) is 1.21. The van der Waals surface area contributed by atoms with Crippen LogP contribution in [0.25, 0.3) is 0 Å². The van der Waals surface area contributed by atoms with Crippen LogP contribution in [0.1, 0.15) is 25.3 Å². The van der Waals surface area contributed by atoms with E-state index in [1.165, 1.54) is 0 Å². The largest absolute Gasteiger partial charge is 0.466 e. The number of aliphatic imine (C=N–C) groups is 1. The van der Waals surface area contributed by atoms with Crippen molar-refractivity contribution < 1.29 is 9.52 Å². The molecule has 25 heavy (non-hydrogen) atoms. The molecule has 1 unspecified atom stereocenters. The molecule has 0 saturated carbocycles. The van der Waals surface area contributed by atoms with E-state index in [0.29, 0.717) is 23.3 Å². The lowest BCUT2D eigenvalue weighted by Crippen LogP contribution is -2.40. The highest BCUT2D eigenvalue weighted by molar-refractivity contribution is 14.0. The third-order valence-corrected chi connectivity index (χ3v) is 3.97. The molecule has 0 radical (unpaired) electrons. The van der Waals surface area contributed by atoms with Gasteiger partial charge in [0.2, 0.25) is 0 Å². The molecule has 8 heteroatoms. The van der Waals surface area contributed by atoms with Gasteiger partial charge in [-0.05, 0) is 32.0 Å². The molecule has 2 N–H and O–H groups in total. The number of furan rings is 1. The molecule has 0 spiro atoms. The van der Waals surface area contributed by atoms with Crippen molar-refractivity contribution >= 4 is 41.5 Å². The average Bonchev–Trinajstić information content (AvgIpc) is 3.14. The number of aliphatic hydroxyl groups is 1. The van der Waals surface area contributed by atoms with Crippen LogP contribution in [-0.4, -0.2) is 40.7 Å². The summed E-state index contributed by atoms with van der Waals surface area (Å²) in [5.41, 5.74) is -0.0786. The minimum absolute atomic E-state index is 0. The quantitative estimate of drug-likeness (QED) is 0.379. The number of aryl methyl sites for hydroxylation is 1. The van der Waals surface area contributed by atoms with Crippen LogP contribution >= 0.6 is 35.6 Å². The fraction of sp³-hybridized carbons (Fsp3) is 0.471. The van der Waals surface area contributed by atoms with Gasteiger partial charge in [-0.25, -0.2) is 4.99 Å². The van der Waals surface area contributed by atoms with E-state index in [1.807, 2.05) is 42.7 Å². The van der Waals surface area contributed by atoms with Gasteiger partial charge in [-0.2, -0.15) is 0 Å². The minimum Gasteiger partial charge on any atom is -0.466 e. The van der Waals surface area contributed by atoms with E-state index in [0.717, 1.165) is 12.2 Å². The van der Waals surface area contributed by atoms with Crippen LogP contribution in [0.2, 0.25) is 5.02 Å². The molecule has 140 valence electrons. The van der Waals surface area contributed by atoms with Gasteiger partial charge in [0.15, 0.2) is 5.96 Å². The Hall–Kier alpha value is -1.19. The first kappa shape index (κ1) is 21.9. The molecule has 1 atom stereocenters. The third-order valence-electron chi connectivity index (χ3n) is 3.76. The smallest absolute Gasteiger partial charge is 0.194 e. The summed E-state index contributed by atoms with van der Waals surface area (Å²) in [6, 6.07) is 5.43. The van der Waals surface area contributed by atoms with Crippen molar-refractivity contribution in [2.45, 2.75) is 26.0 Å². The molecule has 2 heterocycles. The highest BCUT2D eigenvalue weighted by Gasteiger charge is 2.26. The number of rotatable bonds is 6. The zero-order chi connectivity index (χ0) is 17.7. The van der Waals surface area contributed by atoms with E-state index in [9.17, 15) is 5.11 Å². The third kappa shape index (κ3) is 5.93. The van der Waals surface area contributed by atoms with Crippen LogP contribution < -0.4 is 5.32 Å². The van der Waals surface area contributed by atoms with Crippen LogP contribution in [0, 0.1) is 0 Å². The highest BCUT2D eigenvalue weighted by Crippen LogP contribution is 2.21. The Balaban J connectivity index is 0.00000312. The summed E-state index contributed by atoms with van der Waals surface area (Å²) < 4.78 is 7.28. The van der Waals surface area contributed by atoms with Crippen molar-refractivity contribution in [1.82, 2.24) is 14.8 Å². The van der Waals surface area contributed by atoms with Gasteiger partial charge in [0.05, 0.1) is 24.4 Å². The fourth-order valence-electron chi connectivity index (χ4n) is 2.40. The summed E-state index contributed by atoms with van der Waals surface area (Å²) in [4.78, 5) is 6.55. The molecule has 6 nitrogen and oxygen atoms in total. The number of guanidine groups is 1. The van der Waals surface area contributed by atoms with E-state index in [4.69, 9.17) is 16.0 Å². The van der Waals surface area contributed by atoms with Gasteiger partial charge >= 0.3 is 0 Å². The van der Waals surface area contributed by atoms with Crippen molar-refractivity contribution in [3.05, 3.63) is 47.1 Å². The summed E-state index contributed by atoms with van der Waals surface area (Å²) in [7, 11) is 3.91. The molecule has 0 fully saturated rings. The lowest BCUT2D eigenvalue weighted by atomic mass is 10.0. The van der Waals surface area contributed by atoms with E-state index >= 15 is 0 Å². The second kappa shape index (κ2) is 9.49. The van der Waals surface area contributed by atoms with Gasteiger partial charge in [-0.1, -0.05) is 11.6 Å². The molecule has 2 aromatic heterocycles. The van der Waals surface area contributed by atoms with Gasteiger partial charge < -0.3 is 24.3 Å². The maximum absolute atomic E-state index is 10.5. The maximum atomic E-state index is 10.5. The van der Waals surface area contributed by atoms with Crippen molar-refractivity contribution in [3.63, 3.8) is 0 Å². The number of hydrogen-bond acceptors (Lipinski definition) is 3. The molecule has 2 rings (SSSR count). The Morgan fingerprint density at radius 3 is 2.76 bits per heavy atom. The van der Waals surface area contributed by atoms with E-state index in [-0.39, 0.29) is 30.5 Å². The number of hydrogen-bond donors (Lipinski definition) is 2. The molecule has 0 aliphatic rings. The molecule has 0 aliphatic carbocycles. The van der Waals surface area contributed by atoms with E-state index in [2.05, 4.69) is 10.3 Å². The fourth-order valence-corrected chi connectivity index (χ4v) is 2.68. The Kier molecular flexibility index (Phi) is 8.30. The number of halogens is 2. The van der Waals surface area contributed by atoms with Crippen molar-refractivity contribution in [3.8, 4) is 0 Å². The molecule has 0 aliphatic heterocycles. The van der Waals surface area contributed by atoms with E-state index < -0.39 is 5.60 Å². The SMILES string of the molecule is CCNC(=NCC(C)(O)c1ccco1)N(C)Cc1cc(Cl)cn1C.I. The lowest BCUT2D eigenvalue weighted by molar-refractivity contribution is 0.0435. The van der Waals surface area contributed by atoms with Crippen LogP contribution in [0.15, 0.2) is 40.1 Å². The summed E-state index contributed by atoms with van der Waals surface area (Å²) in [6.07, 6.45) is 3.42. The Morgan fingerprint density at radius 2 is 2.24 bits per heavy atom. The standard InChI is InChI=1S/C17H25ClN4O2.HI/c1-5-19-16(20-12-17(2,23)15-7-6-8-24-15)22(4)11-14-9-13(18)10-21(14)3;/h6-10,23H,5,11-12H2,1-4H3,(H,19,20);1H.